The Morgan fingerprint density at radius 1 is 0.309 bits per heavy atom. The Balaban J connectivity index is 0.859. The van der Waals surface area contributed by atoms with Crippen molar-refractivity contribution < 1.29 is 0 Å². The molecule has 11 rings (SSSR count). The molecule has 55 heavy (non-hydrogen) atoms. The first-order valence-corrected chi connectivity index (χ1v) is 18.7. The summed E-state index contributed by atoms with van der Waals surface area (Å²) >= 11 is 0. The molecule has 256 valence electrons. The summed E-state index contributed by atoms with van der Waals surface area (Å²) in [5.41, 5.74) is 14.6. The summed E-state index contributed by atoms with van der Waals surface area (Å²) in [5, 5.41) is 7.19. The van der Waals surface area contributed by atoms with Crippen LogP contribution in [0.5, 0.6) is 0 Å². The number of rotatable bonds is 5. The number of fused-ring (bicyclic) bond motifs is 9. The van der Waals surface area contributed by atoms with E-state index < -0.39 is 0 Å². The zero-order chi connectivity index (χ0) is 36.3. The van der Waals surface area contributed by atoms with Crippen LogP contribution in [0.15, 0.2) is 200 Å². The number of para-hydroxylation sites is 2. The second kappa shape index (κ2) is 12.6. The Morgan fingerprint density at radius 2 is 0.745 bits per heavy atom. The maximum atomic E-state index is 5.17. The van der Waals surface area contributed by atoms with Gasteiger partial charge in [0.25, 0.3) is 0 Å². The molecule has 0 fully saturated rings. The first-order chi connectivity index (χ1) is 27.3. The molecule has 11 aromatic rings. The number of hydrogen-bond acceptors (Lipinski definition) is 2. The van der Waals surface area contributed by atoms with Gasteiger partial charge in [-0.3, -0.25) is 4.98 Å². The van der Waals surface area contributed by atoms with Crippen LogP contribution in [0.2, 0.25) is 0 Å². The van der Waals surface area contributed by atoms with Crippen LogP contribution < -0.4 is 0 Å². The molecule has 0 saturated carbocycles. The quantitative estimate of drug-likeness (QED) is 0.167. The molecule has 2 aromatic heterocycles. The number of aromatic nitrogens is 3. The van der Waals surface area contributed by atoms with E-state index in [1.54, 1.807) is 0 Å². The molecule has 0 unspecified atom stereocenters. The molecule has 0 aliphatic heterocycles. The van der Waals surface area contributed by atoms with Crippen molar-refractivity contribution in [3.05, 3.63) is 200 Å². The number of nitrogens with zero attached hydrogens (tertiary/aromatic N) is 3. The van der Waals surface area contributed by atoms with Crippen LogP contribution in [0.3, 0.4) is 0 Å². The number of benzene rings is 9. The molecule has 0 spiro atoms. The van der Waals surface area contributed by atoms with Gasteiger partial charge in [-0.15, -0.1) is 0 Å². The highest BCUT2D eigenvalue weighted by Crippen LogP contribution is 2.37. The first kappa shape index (κ1) is 31.2. The lowest BCUT2D eigenvalue weighted by molar-refractivity contribution is 1.18. The largest absolute Gasteiger partial charge is 0.309 e. The van der Waals surface area contributed by atoms with E-state index in [1.165, 1.54) is 71.6 Å². The SMILES string of the molecule is c1ccc(-n2c3ccccc3c3cc(-c4ccc(-c5ccc(-c6ccc(-c7cnc8c9ccccc9c9ccccc9c8n7)cc6)cc5)cc4)ccc32)cc1. The molecular formula is C52H33N3. The van der Waals surface area contributed by atoms with E-state index in [1.807, 2.05) is 6.20 Å². The van der Waals surface area contributed by atoms with Crippen LogP contribution in [0.4, 0.5) is 0 Å². The van der Waals surface area contributed by atoms with Gasteiger partial charge >= 0.3 is 0 Å². The third-order valence-electron chi connectivity index (χ3n) is 11.1. The van der Waals surface area contributed by atoms with Crippen molar-refractivity contribution in [2.45, 2.75) is 0 Å². The van der Waals surface area contributed by atoms with E-state index >= 15 is 0 Å². The number of hydrogen-bond donors (Lipinski definition) is 0. The fourth-order valence-electron chi connectivity index (χ4n) is 8.31. The summed E-state index contributed by atoms with van der Waals surface area (Å²) in [6.07, 6.45) is 1.90. The molecule has 0 N–H and O–H groups in total. The van der Waals surface area contributed by atoms with E-state index in [-0.39, 0.29) is 0 Å². The van der Waals surface area contributed by atoms with Crippen molar-refractivity contribution in [1.29, 1.82) is 0 Å². The van der Waals surface area contributed by atoms with Gasteiger partial charge in [0, 0.05) is 32.8 Å². The molecule has 0 radical (unpaired) electrons. The first-order valence-electron chi connectivity index (χ1n) is 18.7. The zero-order valence-electron chi connectivity index (χ0n) is 29.9. The van der Waals surface area contributed by atoms with Crippen molar-refractivity contribution in [2.75, 3.05) is 0 Å². The molecule has 0 amide bonds. The highest BCUT2D eigenvalue weighted by atomic mass is 15.0. The van der Waals surface area contributed by atoms with Crippen LogP contribution in [-0.4, -0.2) is 14.5 Å². The molecule has 3 nitrogen and oxygen atoms in total. The Morgan fingerprint density at radius 3 is 1.35 bits per heavy atom. The Hall–Kier alpha value is -7.36. The molecular weight excluding hydrogens is 667 g/mol. The molecule has 0 aliphatic rings. The summed E-state index contributed by atoms with van der Waals surface area (Å²) in [6.45, 7) is 0. The Labute approximate surface area is 318 Å². The minimum Gasteiger partial charge on any atom is -0.309 e. The highest BCUT2D eigenvalue weighted by molar-refractivity contribution is 6.23. The normalized spacial score (nSPS) is 11.6. The minimum atomic E-state index is 0.872. The molecule has 0 atom stereocenters. The van der Waals surface area contributed by atoms with Crippen molar-refractivity contribution in [3.63, 3.8) is 0 Å². The topological polar surface area (TPSA) is 30.7 Å². The molecule has 2 heterocycles. The van der Waals surface area contributed by atoms with Gasteiger partial charge in [-0.1, -0.05) is 164 Å². The molecule has 0 saturated heterocycles. The van der Waals surface area contributed by atoms with Crippen LogP contribution in [0.25, 0.3) is 105 Å². The summed E-state index contributed by atoms with van der Waals surface area (Å²) in [6, 6.07) is 69.5. The lowest BCUT2D eigenvalue weighted by Crippen LogP contribution is -1.92. The van der Waals surface area contributed by atoms with Crippen molar-refractivity contribution in [1.82, 2.24) is 14.5 Å². The third kappa shape index (κ3) is 5.20. The van der Waals surface area contributed by atoms with E-state index in [0.717, 1.165) is 33.1 Å². The smallest absolute Gasteiger partial charge is 0.0979 e. The van der Waals surface area contributed by atoms with E-state index in [2.05, 4.69) is 199 Å². The van der Waals surface area contributed by atoms with Gasteiger partial charge in [0.1, 0.15) is 0 Å². The predicted octanol–water partition coefficient (Wildman–Crippen LogP) is 13.7. The van der Waals surface area contributed by atoms with Crippen LogP contribution in [-0.2, 0) is 0 Å². The molecule has 9 aromatic carbocycles. The molecule has 0 bridgehead atoms. The van der Waals surface area contributed by atoms with Gasteiger partial charge < -0.3 is 4.57 Å². The van der Waals surface area contributed by atoms with Gasteiger partial charge in [-0.25, -0.2) is 4.98 Å². The van der Waals surface area contributed by atoms with Gasteiger partial charge in [-0.05, 0) is 74.5 Å². The third-order valence-corrected chi connectivity index (χ3v) is 11.1. The second-order valence-electron chi connectivity index (χ2n) is 14.2. The summed E-state index contributed by atoms with van der Waals surface area (Å²) < 4.78 is 2.36. The van der Waals surface area contributed by atoms with Crippen LogP contribution in [0, 0.1) is 0 Å². The Kier molecular flexibility index (Phi) is 7.17. The zero-order valence-corrected chi connectivity index (χ0v) is 29.9. The Bertz CT molecular complexity index is 3180. The average Bonchev–Trinajstić information content (AvgIpc) is 3.60. The maximum Gasteiger partial charge on any atom is 0.0979 e. The van der Waals surface area contributed by atoms with Crippen LogP contribution in [0.1, 0.15) is 0 Å². The van der Waals surface area contributed by atoms with E-state index in [9.17, 15) is 0 Å². The van der Waals surface area contributed by atoms with Crippen molar-refractivity contribution in [2.24, 2.45) is 0 Å². The van der Waals surface area contributed by atoms with Crippen LogP contribution >= 0.6 is 0 Å². The van der Waals surface area contributed by atoms with Crippen molar-refractivity contribution >= 4 is 54.4 Å². The highest BCUT2D eigenvalue weighted by Gasteiger charge is 2.14. The van der Waals surface area contributed by atoms with Crippen molar-refractivity contribution in [3.8, 4) is 50.3 Å². The summed E-state index contributed by atoms with van der Waals surface area (Å²) in [4.78, 5) is 10.1. The van der Waals surface area contributed by atoms with Gasteiger partial charge in [0.15, 0.2) is 0 Å². The molecule has 3 heteroatoms. The lowest BCUT2D eigenvalue weighted by atomic mass is 9.97. The average molecular weight is 700 g/mol. The minimum absolute atomic E-state index is 0.872. The van der Waals surface area contributed by atoms with E-state index in [4.69, 9.17) is 9.97 Å². The van der Waals surface area contributed by atoms with E-state index in [0.29, 0.717) is 0 Å². The standard InChI is InChI=1S/C52H33N3/c1-2-10-41(11-3-1)55-49-17-9-8-14-44(49)47-32-40(30-31-50(47)55)38-24-22-36(23-25-38)34-18-20-35(21-19-34)37-26-28-39(29-27-37)48-33-53-51-45-15-6-4-12-42(45)43-13-5-7-16-46(43)52(51)54-48/h1-33H. The monoisotopic (exact) mass is 699 g/mol. The summed E-state index contributed by atoms with van der Waals surface area (Å²) in [5.74, 6) is 0. The lowest BCUT2D eigenvalue weighted by Gasteiger charge is -2.11. The van der Waals surface area contributed by atoms with Gasteiger partial charge in [0.05, 0.1) is 34.0 Å². The fraction of sp³-hybridized carbons (Fsp3) is 0. The summed E-state index contributed by atoms with van der Waals surface area (Å²) in [7, 11) is 0. The maximum absolute atomic E-state index is 5.17. The van der Waals surface area contributed by atoms with Gasteiger partial charge in [-0.2, -0.15) is 0 Å². The van der Waals surface area contributed by atoms with Gasteiger partial charge in [0.2, 0.25) is 0 Å². The second-order valence-corrected chi connectivity index (χ2v) is 14.2. The fourth-order valence-corrected chi connectivity index (χ4v) is 8.31. The predicted molar refractivity (Wildman–Crippen MR) is 231 cm³/mol. The molecule has 0 aliphatic carbocycles.